The number of rotatable bonds is 4. The summed E-state index contributed by atoms with van der Waals surface area (Å²) in [7, 11) is 0. The highest BCUT2D eigenvalue weighted by Gasteiger charge is 2.03. The molecule has 0 saturated heterocycles. The average Bonchev–Trinajstić information content (AvgIpc) is 2.67. The van der Waals surface area contributed by atoms with Crippen molar-refractivity contribution < 1.29 is 4.42 Å². The zero-order chi connectivity index (χ0) is 9.80. The lowest BCUT2D eigenvalue weighted by Gasteiger charge is -2.00. The maximum atomic E-state index is 5.35. The van der Waals surface area contributed by atoms with E-state index in [4.69, 9.17) is 4.42 Å². The van der Waals surface area contributed by atoms with Crippen LogP contribution in [-0.4, -0.2) is 4.98 Å². The van der Waals surface area contributed by atoms with Gasteiger partial charge < -0.3 is 4.42 Å². The SMILES string of the molecule is [CH2]CCCCc1cccc2ncoc12. The molecule has 1 aromatic heterocycles. The van der Waals surface area contributed by atoms with Crippen LogP contribution in [0.25, 0.3) is 11.1 Å². The van der Waals surface area contributed by atoms with Crippen LogP contribution >= 0.6 is 0 Å². The summed E-state index contributed by atoms with van der Waals surface area (Å²) in [5.41, 5.74) is 3.15. The minimum absolute atomic E-state index is 0.941. The molecule has 0 saturated carbocycles. The number of hydrogen-bond donors (Lipinski definition) is 0. The summed E-state index contributed by atoms with van der Waals surface area (Å²) in [5.74, 6) is 0. The van der Waals surface area contributed by atoms with Gasteiger partial charge in [0.05, 0.1) is 0 Å². The third kappa shape index (κ3) is 1.79. The highest BCUT2D eigenvalue weighted by atomic mass is 16.3. The first-order chi connectivity index (χ1) is 6.92. The Morgan fingerprint density at radius 3 is 3.07 bits per heavy atom. The van der Waals surface area contributed by atoms with Gasteiger partial charge in [0.15, 0.2) is 12.0 Å². The summed E-state index contributed by atoms with van der Waals surface area (Å²) in [6.45, 7) is 3.83. The highest BCUT2D eigenvalue weighted by Crippen LogP contribution is 2.19. The molecule has 1 radical (unpaired) electrons. The number of benzene rings is 1. The first-order valence-electron chi connectivity index (χ1n) is 5.02. The fraction of sp³-hybridized carbons (Fsp3) is 0.333. The Labute approximate surface area is 84.0 Å². The standard InChI is InChI=1S/C12H14NO/c1-2-3-4-6-10-7-5-8-11-12(10)14-9-13-11/h5,7-9H,1-4,6H2. The van der Waals surface area contributed by atoms with Crippen LogP contribution in [0.15, 0.2) is 29.0 Å². The van der Waals surface area contributed by atoms with Crippen molar-refractivity contribution in [3.8, 4) is 0 Å². The molecule has 0 aliphatic rings. The first kappa shape index (κ1) is 9.25. The maximum Gasteiger partial charge on any atom is 0.181 e. The van der Waals surface area contributed by atoms with E-state index in [0.29, 0.717) is 0 Å². The normalized spacial score (nSPS) is 10.9. The van der Waals surface area contributed by atoms with Crippen molar-refractivity contribution in [3.05, 3.63) is 37.1 Å². The van der Waals surface area contributed by atoms with Gasteiger partial charge in [-0.05, 0) is 24.5 Å². The Hall–Kier alpha value is -1.31. The van der Waals surface area contributed by atoms with E-state index >= 15 is 0 Å². The summed E-state index contributed by atoms with van der Waals surface area (Å²) in [6.07, 6.45) is 5.91. The summed E-state index contributed by atoms with van der Waals surface area (Å²) < 4.78 is 5.35. The number of oxazole rings is 1. The summed E-state index contributed by atoms with van der Waals surface area (Å²) in [5, 5.41) is 0. The van der Waals surface area contributed by atoms with Crippen LogP contribution in [0.3, 0.4) is 0 Å². The number of unbranched alkanes of at least 4 members (excludes halogenated alkanes) is 2. The molecule has 0 atom stereocenters. The molecule has 0 N–H and O–H groups in total. The third-order valence-electron chi connectivity index (χ3n) is 2.38. The third-order valence-corrected chi connectivity index (χ3v) is 2.38. The van der Waals surface area contributed by atoms with Crippen molar-refractivity contribution in [2.24, 2.45) is 0 Å². The van der Waals surface area contributed by atoms with Crippen molar-refractivity contribution >= 4 is 11.1 Å². The zero-order valence-corrected chi connectivity index (χ0v) is 8.20. The van der Waals surface area contributed by atoms with Gasteiger partial charge in [0.1, 0.15) is 5.52 Å². The lowest BCUT2D eigenvalue weighted by molar-refractivity contribution is 0.595. The number of nitrogens with zero attached hydrogens (tertiary/aromatic N) is 1. The molecule has 73 valence electrons. The van der Waals surface area contributed by atoms with Crippen molar-refractivity contribution in [3.63, 3.8) is 0 Å². The van der Waals surface area contributed by atoms with Crippen LogP contribution in [0.1, 0.15) is 24.8 Å². The zero-order valence-electron chi connectivity index (χ0n) is 8.20. The average molecular weight is 188 g/mol. The van der Waals surface area contributed by atoms with Gasteiger partial charge in [0.25, 0.3) is 0 Å². The molecule has 0 aliphatic heterocycles. The number of aryl methyl sites for hydroxylation is 1. The molecule has 2 heteroatoms. The van der Waals surface area contributed by atoms with Gasteiger partial charge >= 0.3 is 0 Å². The molecule has 0 fully saturated rings. The predicted octanol–water partition coefficient (Wildman–Crippen LogP) is 3.37. The molecule has 2 aromatic rings. The van der Waals surface area contributed by atoms with Gasteiger partial charge in [-0.15, -0.1) is 0 Å². The molecule has 1 heterocycles. The van der Waals surface area contributed by atoms with E-state index in [1.165, 1.54) is 24.8 Å². The van der Waals surface area contributed by atoms with Crippen molar-refractivity contribution in [2.75, 3.05) is 0 Å². The number of aromatic nitrogens is 1. The van der Waals surface area contributed by atoms with Crippen LogP contribution in [0, 0.1) is 6.92 Å². The molecule has 2 nitrogen and oxygen atoms in total. The molecular weight excluding hydrogens is 174 g/mol. The van der Waals surface area contributed by atoms with Crippen LogP contribution < -0.4 is 0 Å². The molecule has 2 rings (SSSR count). The summed E-state index contributed by atoms with van der Waals surface area (Å²) >= 11 is 0. The van der Waals surface area contributed by atoms with Crippen molar-refractivity contribution in [1.82, 2.24) is 4.98 Å². The van der Waals surface area contributed by atoms with Gasteiger partial charge in [-0.3, -0.25) is 0 Å². The van der Waals surface area contributed by atoms with Gasteiger partial charge in [-0.25, -0.2) is 4.98 Å². The molecule has 0 bridgehead atoms. The second-order valence-corrected chi connectivity index (χ2v) is 3.43. The van der Waals surface area contributed by atoms with E-state index in [1.54, 1.807) is 0 Å². The number of fused-ring (bicyclic) bond motifs is 1. The quantitative estimate of drug-likeness (QED) is 0.687. The minimum Gasteiger partial charge on any atom is -0.443 e. The lowest BCUT2D eigenvalue weighted by atomic mass is 10.1. The smallest absolute Gasteiger partial charge is 0.181 e. The predicted molar refractivity (Wildman–Crippen MR) is 56.9 cm³/mol. The van der Waals surface area contributed by atoms with E-state index in [1.807, 2.05) is 12.1 Å². The van der Waals surface area contributed by atoms with Gasteiger partial charge in [-0.1, -0.05) is 31.9 Å². The summed E-state index contributed by atoms with van der Waals surface area (Å²) in [4.78, 5) is 4.13. The fourth-order valence-corrected chi connectivity index (χ4v) is 1.63. The molecule has 0 unspecified atom stereocenters. The molecule has 0 spiro atoms. The van der Waals surface area contributed by atoms with Crippen LogP contribution in [-0.2, 0) is 6.42 Å². The first-order valence-corrected chi connectivity index (χ1v) is 5.02. The largest absolute Gasteiger partial charge is 0.443 e. The lowest BCUT2D eigenvalue weighted by Crippen LogP contribution is -1.85. The van der Waals surface area contributed by atoms with Crippen LogP contribution in [0.2, 0.25) is 0 Å². The number of hydrogen-bond acceptors (Lipinski definition) is 2. The van der Waals surface area contributed by atoms with E-state index in [9.17, 15) is 0 Å². The molecule has 14 heavy (non-hydrogen) atoms. The van der Waals surface area contributed by atoms with E-state index in [2.05, 4.69) is 18.0 Å². The molecule has 0 amide bonds. The topological polar surface area (TPSA) is 26.0 Å². The van der Waals surface area contributed by atoms with Gasteiger partial charge in [0.2, 0.25) is 0 Å². The Balaban J connectivity index is 2.19. The second kappa shape index (κ2) is 4.27. The second-order valence-electron chi connectivity index (χ2n) is 3.43. The molecular formula is C12H14NO. The van der Waals surface area contributed by atoms with E-state index in [0.717, 1.165) is 23.9 Å². The van der Waals surface area contributed by atoms with Gasteiger partial charge in [-0.2, -0.15) is 0 Å². The monoisotopic (exact) mass is 188 g/mol. The molecule has 1 aromatic carbocycles. The Bertz CT molecular complexity index is 405. The van der Waals surface area contributed by atoms with Crippen molar-refractivity contribution in [1.29, 1.82) is 0 Å². The Morgan fingerprint density at radius 2 is 2.21 bits per heavy atom. The Morgan fingerprint density at radius 1 is 1.29 bits per heavy atom. The van der Waals surface area contributed by atoms with Crippen LogP contribution in [0.4, 0.5) is 0 Å². The van der Waals surface area contributed by atoms with Crippen molar-refractivity contribution in [2.45, 2.75) is 25.7 Å². The number of para-hydroxylation sites is 1. The van der Waals surface area contributed by atoms with E-state index < -0.39 is 0 Å². The fourth-order valence-electron chi connectivity index (χ4n) is 1.63. The summed E-state index contributed by atoms with van der Waals surface area (Å²) in [6, 6.07) is 6.12. The van der Waals surface area contributed by atoms with Gasteiger partial charge in [0, 0.05) is 0 Å². The van der Waals surface area contributed by atoms with Crippen LogP contribution in [0.5, 0.6) is 0 Å². The molecule has 0 aliphatic carbocycles. The highest BCUT2D eigenvalue weighted by molar-refractivity contribution is 5.75. The minimum atomic E-state index is 0.941. The maximum absolute atomic E-state index is 5.35. The Kier molecular flexibility index (Phi) is 2.82. The van der Waals surface area contributed by atoms with E-state index in [-0.39, 0.29) is 0 Å².